The topological polar surface area (TPSA) is 174 Å². The number of Topliss-reactive ketones (excluding diaryl/α,β-unsaturated/α-hetero) is 4. The van der Waals surface area contributed by atoms with Gasteiger partial charge in [-0.2, -0.15) is 0 Å². The Kier molecular flexibility index (Phi) is 21.7. The summed E-state index contributed by atoms with van der Waals surface area (Å²) in [6.07, 6.45) is 16.7. The molecule has 0 fully saturated rings. The number of nitro groups is 2. The van der Waals surface area contributed by atoms with E-state index in [0.29, 0.717) is 44.6 Å². The van der Waals surface area contributed by atoms with Crippen LogP contribution in [0.25, 0.3) is 22.3 Å². The van der Waals surface area contributed by atoms with E-state index in [1.54, 1.807) is 24.3 Å². The second-order valence-electron chi connectivity index (χ2n) is 40.7. The van der Waals surface area contributed by atoms with Crippen LogP contribution in [0.5, 0.6) is 0 Å². The van der Waals surface area contributed by atoms with Crippen LogP contribution in [0.3, 0.4) is 0 Å². The molecule has 13 rings (SSSR count). The van der Waals surface area contributed by atoms with Gasteiger partial charge in [-0.25, -0.2) is 0 Å². The van der Waals surface area contributed by atoms with Gasteiger partial charge in [0.15, 0.2) is 23.1 Å². The van der Waals surface area contributed by atoms with Crippen molar-refractivity contribution in [3.63, 3.8) is 0 Å². The zero-order valence-corrected chi connectivity index (χ0v) is 73.4. The van der Waals surface area contributed by atoms with Crippen molar-refractivity contribution >= 4 is 56.8 Å². The molecule has 4 aromatic carbocycles. The highest BCUT2D eigenvalue weighted by atomic mass is 16.6. The van der Waals surface area contributed by atoms with Gasteiger partial charge < -0.3 is 18.3 Å². The van der Waals surface area contributed by atoms with Crippen LogP contribution in [0, 0.1) is 63.5 Å². The van der Waals surface area contributed by atoms with Crippen molar-refractivity contribution in [3.8, 4) is 0 Å². The van der Waals surface area contributed by atoms with E-state index >= 15 is 19.2 Å². The lowest BCUT2D eigenvalue weighted by molar-refractivity contribution is -0.385. The molecule has 4 aromatic heterocycles. The molecule has 0 saturated carbocycles. The molecule has 118 heavy (non-hydrogen) atoms. The van der Waals surface area contributed by atoms with Gasteiger partial charge in [-0.3, -0.25) is 39.4 Å². The first-order chi connectivity index (χ1) is 54.9. The molecule has 0 unspecified atom stereocenters. The molecule has 8 aromatic rings. The SMILES string of the molecule is CC(C)(C)C1=CC(=C2c3ccc(n3Cc3ccccc3)C(=C3C=C(C(C)(C)C)C(=O)C(C(C)(C)C)=C3)c3ccc(n3Cc3ccc([N+](=O)[O-])cc3)C(=C3C=C(C(C)(C)C)C(=O)C(C(C)(C)C)=C3)c3ccc(n3Cc3ccccc3)C(=C3C=C(C(C)(C)C)C(=O)C(C(C)(C)C)=C3)c3ccc2n3Cc2ccc([N+](=O)[O-])cc2)C=C(C(C)(C)C)C1=O. The Morgan fingerprint density at radius 1 is 0.229 bits per heavy atom. The van der Waals surface area contributed by atoms with Crippen molar-refractivity contribution in [1.82, 2.24) is 18.3 Å². The predicted octanol–water partition coefficient (Wildman–Crippen LogP) is 24.5. The van der Waals surface area contributed by atoms with E-state index in [2.05, 4.69) is 306 Å². The van der Waals surface area contributed by atoms with Crippen molar-refractivity contribution < 1.29 is 29.0 Å². The number of ketones is 4. The standard InChI is InChI=1S/C104H114N6O8/c1-97(2,3)73-51-67(52-74(93(73)111)98(4,5)6)89-81-43-44-82(105(81)59-63-31-27-25-28-32-63)90(68-53-75(99(7,8)9)94(112)76(54-68)100(10,11)12)87-49-50-88(108(87)62-66-37-41-72(42-38-66)110(117)118)92(70-57-79(103(19,20)21)96(114)80(58-70)104(22,23)24)84-46-45-83(106(84)60-64-33-29-26-30-34-64)91(69-55-77(101(13,14)15)95(113)78(56-69)102(16,17)18)86-48-47-85(89)107(86)61-65-35-39-71(40-36-65)109(115)116/h25-58H,59-62H2,1-24H3. The first-order valence-electron chi connectivity index (χ1n) is 41.2. The number of benzene rings is 4. The van der Waals surface area contributed by atoms with Crippen LogP contribution in [-0.2, 0) is 45.4 Å². The molecule has 0 radical (unpaired) electrons. The van der Waals surface area contributed by atoms with Crippen LogP contribution in [0.4, 0.5) is 11.4 Å². The average Bonchev–Trinajstić information content (AvgIpc) is 1.54. The lowest BCUT2D eigenvalue weighted by atomic mass is 9.71. The van der Waals surface area contributed by atoms with E-state index in [1.807, 2.05) is 60.7 Å². The lowest BCUT2D eigenvalue weighted by Crippen LogP contribution is -2.28. The smallest absolute Gasteiger partial charge is 0.269 e. The molecule has 4 aliphatic carbocycles. The molecular formula is C104H114N6O8. The Hall–Kier alpha value is -11.6. The van der Waals surface area contributed by atoms with E-state index < -0.39 is 43.3 Å². The highest BCUT2D eigenvalue weighted by Gasteiger charge is 2.43. The van der Waals surface area contributed by atoms with Crippen molar-refractivity contribution in [2.24, 2.45) is 43.3 Å². The number of fused-ring (bicyclic) bond motifs is 8. The molecule has 5 heterocycles. The highest BCUT2D eigenvalue weighted by molar-refractivity contribution is 6.16. The molecule has 8 bridgehead atoms. The van der Waals surface area contributed by atoms with Crippen molar-refractivity contribution in [1.29, 1.82) is 0 Å². The maximum atomic E-state index is 15.7. The summed E-state index contributed by atoms with van der Waals surface area (Å²) in [5, 5.41) is 25.5. The Morgan fingerprint density at radius 2 is 0.381 bits per heavy atom. The third kappa shape index (κ3) is 16.4. The lowest BCUT2D eigenvalue weighted by Gasteiger charge is -2.33. The Morgan fingerprint density at radius 3 is 0.525 bits per heavy atom. The normalized spacial score (nSPS) is 16.4. The molecule has 0 spiro atoms. The molecule has 1 aliphatic heterocycles. The number of hydrogen-bond acceptors (Lipinski definition) is 8. The van der Waals surface area contributed by atoms with Crippen molar-refractivity contribution in [2.75, 3.05) is 0 Å². The largest absolute Gasteiger partial charge is 0.336 e. The first kappa shape index (κ1) is 84.3. The summed E-state index contributed by atoms with van der Waals surface area (Å²) >= 11 is 0. The van der Waals surface area contributed by atoms with Gasteiger partial charge >= 0.3 is 0 Å². The van der Waals surface area contributed by atoms with Crippen LogP contribution < -0.4 is 0 Å². The number of rotatable bonds is 10. The van der Waals surface area contributed by atoms with Crippen LogP contribution in [0.1, 0.15) is 234 Å². The number of carbonyl (C=O) groups is 4. The van der Waals surface area contributed by atoms with Gasteiger partial charge in [-0.15, -0.1) is 0 Å². The fraction of sp³-hybridized carbons (Fsp3) is 0.346. The second-order valence-corrected chi connectivity index (χ2v) is 40.7. The monoisotopic (exact) mass is 1570 g/mol. The molecule has 608 valence electrons. The molecule has 0 N–H and O–H groups in total. The van der Waals surface area contributed by atoms with Gasteiger partial charge in [0.2, 0.25) is 0 Å². The molecule has 0 amide bonds. The van der Waals surface area contributed by atoms with Crippen molar-refractivity contribution in [3.05, 3.63) is 361 Å². The van der Waals surface area contributed by atoms with E-state index in [1.165, 1.54) is 0 Å². The Labute approximate surface area is 697 Å². The van der Waals surface area contributed by atoms with Gasteiger partial charge in [0.25, 0.3) is 11.4 Å². The van der Waals surface area contributed by atoms with Crippen LogP contribution in [0.15, 0.2) is 273 Å². The second kappa shape index (κ2) is 30.4. The van der Waals surface area contributed by atoms with Crippen LogP contribution in [-0.4, -0.2) is 51.2 Å². The maximum absolute atomic E-state index is 15.7. The number of hydrogen-bond donors (Lipinski definition) is 0. The van der Waals surface area contributed by atoms with Crippen LogP contribution >= 0.6 is 0 Å². The zero-order chi connectivity index (χ0) is 86.0. The third-order valence-electron chi connectivity index (χ3n) is 23.3. The molecule has 5 aliphatic rings. The van der Waals surface area contributed by atoms with Gasteiger partial charge in [0.1, 0.15) is 0 Å². The third-order valence-corrected chi connectivity index (χ3v) is 23.3. The Bertz CT molecular complexity index is 5160. The van der Waals surface area contributed by atoms with E-state index in [-0.39, 0.29) is 70.5 Å². The van der Waals surface area contributed by atoms with E-state index in [0.717, 1.165) is 112 Å². The van der Waals surface area contributed by atoms with E-state index in [9.17, 15) is 20.2 Å². The average molecular weight is 1580 g/mol. The summed E-state index contributed by atoms with van der Waals surface area (Å²) in [6, 6.07) is 51.7. The quantitative estimate of drug-likeness (QED) is 0.0960. The summed E-state index contributed by atoms with van der Waals surface area (Å²) in [5.41, 5.74) is 15.1. The summed E-state index contributed by atoms with van der Waals surface area (Å²) in [7, 11) is 0. The molecular weight excluding hydrogens is 1460 g/mol. The fourth-order valence-corrected chi connectivity index (χ4v) is 16.9. The first-order valence-corrected chi connectivity index (χ1v) is 41.2. The van der Waals surface area contributed by atoms with Gasteiger partial charge in [0.05, 0.1) is 55.4 Å². The minimum atomic E-state index is -0.673. The number of carbonyl (C=O) groups excluding carboxylic acids is 4. The van der Waals surface area contributed by atoms with Gasteiger partial charge in [-0.1, -0.05) is 251 Å². The predicted molar refractivity (Wildman–Crippen MR) is 478 cm³/mol. The van der Waals surface area contributed by atoms with Gasteiger partial charge in [-0.05, 0) is 185 Å². The number of nitro benzene ring substituents is 2. The minimum absolute atomic E-state index is 0.0488. The van der Waals surface area contributed by atoms with Crippen LogP contribution in [0.2, 0.25) is 0 Å². The minimum Gasteiger partial charge on any atom is -0.336 e. The molecule has 14 heteroatoms. The molecule has 14 nitrogen and oxygen atoms in total. The summed E-state index contributed by atoms with van der Waals surface area (Å²) in [6.45, 7) is 50.9. The number of aromatic nitrogens is 4. The Balaban J connectivity index is 1.39. The summed E-state index contributed by atoms with van der Waals surface area (Å²) < 4.78 is 9.44. The number of nitrogens with zero attached hydrogens (tertiary/aromatic N) is 6. The molecule has 0 atom stereocenters. The number of non-ortho nitro benzene ring substituents is 2. The summed E-state index contributed by atoms with van der Waals surface area (Å²) in [5.74, 6) is -0.195. The summed E-state index contributed by atoms with van der Waals surface area (Å²) in [4.78, 5) is 87.5. The highest BCUT2D eigenvalue weighted by Crippen LogP contribution is 2.52. The maximum Gasteiger partial charge on any atom is 0.269 e. The molecule has 0 saturated heterocycles. The van der Waals surface area contributed by atoms with Gasteiger partial charge in [0, 0.05) is 117 Å². The van der Waals surface area contributed by atoms with Crippen molar-refractivity contribution in [2.45, 2.75) is 192 Å². The number of allylic oxidation sites excluding steroid dienone is 20. The zero-order valence-electron chi connectivity index (χ0n) is 73.4. The fourth-order valence-electron chi connectivity index (χ4n) is 16.9. The van der Waals surface area contributed by atoms with E-state index in [4.69, 9.17) is 0 Å².